The molecule has 8 nitrogen and oxygen atoms in total. The van der Waals surface area contributed by atoms with E-state index in [1.807, 2.05) is 97.1 Å². The molecule has 10 heteroatoms. The number of hydrogen-bond donors (Lipinski definition) is 3. The van der Waals surface area contributed by atoms with Crippen molar-refractivity contribution in [1.82, 2.24) is 5.32 Å². The van der Waals surface area contributed by atoms with E-state index < -0.39 is 23.0 Å². The average molecular weight is 778 g/mol. The zero-order valence-corrected chi connectivity index (χ0v) is 32.3. The van der Waals surface area contributed by atoms with Gasteiger partial charge in [0.1, 0.15) is 15.9 Å². The van der Waals surface area contributed by atoms with Gasteiger partial charge in [0, 0.05) is 21.0 Å². The summed E-state index contributed by atoms with van der Waals surface area (Å²) in [5.74, 6) is -1.68. The number of esters is 1. The molecule has 1 heterocycles. The summed E-state index contributed by atoms with van der Waals surface area (Å²) in [5, 5.41) is 8.64. The molecular formula is C46H39N3O5S2. The number of carbonyl (C=O) groups excluding carboxylic acids is 4. The molecule has 1 aromatic heterocycles. The molecular weight excluding hydrogens is 739 g/mol. The Bertz CT molecular complexity index is 2380. The molecule has 0 bridgehead atoms. The number of nitrogens with one attached hydrogen (secondary N) is 3. The number of benzene rings is 5. The van der Waals surface area contributed by atoms with Crippen molar-refractivity contribution in [3.63, 3.8) is 0 Å². The molecule has 56 heavy (non-hydrogen) atoms. The number of amides is 3. The molecule has 0 fully saturated rings. The summed E-state index contributed by atoms with van der Waals surface area (Å²) in [4.78, 5) is 56.1. The van der Waals surface area contributed by atoms with Crippen LogP contribution in [-0.2, 0) is 27.2 Å². The number of hydrogen-bond acceptors (Lipinski definition) is 7. The smallest absolute Gasteiger partial charge is 0.341 e. The third-order valence-electron chi connectivity index (χ3n) is 9.34. The summed E-state index contributed by atoms with van der Waals surface area (Å²) in [7, 11) is 1.36. The first-order chi connectivity index (χ1) is 27.4. The van der Waals surface area contributed by atoms with Crippen LogP contribution in [0.2, 0.25) is 0 Å². The van der Waals surface area contributed by atoms with Gasteiger partial charge >= 0.3 is 5.97 Å². The highest BCUT2D eigenvalue weighted by Crippen LogP contribution is 2.41. The van der Waals surface area contributed by atoms with Crippen molar-refractivity contribution in [1.29, 1.82) is 0 Å². The quantitative estimate of drug-likeness (QED) is 0.0648. The van der Waals surface area contributed by atoms with Gasteiger partial charge in [0.15, 0.2) is 0 Å². The second-order valence-electron chi connectivity index (χ2n) is 13.2. The largest absolute Gasteiger partial charge is 0.465 e. The van der Waals surface area contributed by atoms with Crippen LogP contribution in [0.15, 0.2) is 150 Å². The molecule has 0 saturated heterocycles. The van der Waals surface area contributed by atoms with E-state index in [1.54, 1.807) is 48.5 Å². The zero-order chi connectivity index (χ0) is 38.9. The van der Waals surface area contributed by atoms with E-state index in [2.05, 4.69) is 16.0 Å². The second-order valence-corrected chi connectivity index (χ2v) is 15.4. The SMILES string of the molecule is COC(=O)c1c(NC(=O)C(Sc2cccc(NC(=O)/C(=C\c3ccc(-c4ccccc4)cc3)NC(=O)c3ccccc3)c2)c2ccccc2)sc2c1CCCC2. The van der Waals surface area contributed by atoms with Crippen LogP contribution in [0.3, 0.4) is 0 Å². The lowest BCUT2D eigenvalue weighted by Gasteiger charge is -2.18. The third-order valence-corrected chi connectivity index (χ3v) is 11.8. The molecule has 0 radical (unpaired) electrons. The fourth-order valence-electron chi connectivity index (χ4n) is 6.54. The molecule has 0 aliphatic heterocycles. The molecule has 1 atom stereocenters. The third kappa shape index (κ3) is 9.17. The average Bonchev–Trinajstić information content (AvgIpc) is 3.61. The molecule has 7 rings (SSSR count). The predicted molar refractivity (Wildman–Crippen MR) is 225 cm³/mol. The normalized spacial score (nSPS) is 12.8. The lowest BCUT2D eigenvalue weighted by Crippen LogP contribution is -2.30. The number of ether oxygens (including phenoxy) is 1. The highest BCUT2D eigenvalue weighted by molar-refractivity contribution is 8.00. The van der Waals surface area contributed by atoms with Gasteiger partial charge in [-0.15, -0.1) is 23.1 Å². The van der Waals surface area contributed by atoms with E-state index in [0.29, 0.717) is 21.8 Å². The van der Waals surface area contributed by atoms with Crippen molar-refractivity contribution in [2.24, 2.45) is 0 Å². The number of rotatable bonds is 12. The fourth-order valence-corrected chi connectivity index (χ4v) is 8.91. The molecule has 1 aliphatic rings. The maximum absolute atomic E-state index is 14.1. The summed E-state index contributed by atoms with van der Waals surface area (Å²) in [6.45, 7) is 0. The standard InChI is InChI=1S/C46H39N3O5S2/c1-54-46(53)40-37-22-11-12-23-39(37)56-45(40)49-44(52)41(33-16-7-3-8-17-33)55-36-21-13-20-35(29-36)47-43(51)38(48-42(50)34-18-9-4-10-19-34)28-30-24-26-32(27-25-30)31-14-5-2-6-15-31/h2-10,13-21,24-29,41H,11-12,22-23H2,1H3,(H,47,51)(H,48,50)(H,49,52)/b38-28+. The van der Waals surface area contributed by atoms with E-state index in [4.69, 9.17) is 4.74 Å². The van der Waals surface area contributed by atoms with E-state index in [-0.39, 0.29) is 11.6 Å². The van der Waals surface area contributed by atoms with Crippen LogP contribution in [0.25, 0.3) is 17.2 Å². The molecule has 1 unspecified atom stereocenters. The van der Waals surface area contributed by atoms with Crippen LogP contribution >= 0.6 is 23.1 Å². The van der Waals surface area contributed by atoms with Crippen molar-refractivity contribution < 1.29 is 23.9 Å². The van der Waals surface area contributed by atoms with Gasteiger partial charge in [-0.25, -0.2) is 4.79 Å². The van der Waals surface area contributed by atoms with E-state index in [0.717, 1.165) is 63.3 Å². The minimum Gasteiger partial charge on any atom is -0.465 e. The number of thioether (sulfide) groups is 1. The van der Waals surface area contributed by atoms with Gasteiger partial charge in [-0.05, 0) is 89.9 Å². The monoisotopic (exact) mass is 777 g/mol. The molecule has 0 spiro atoms. The van der Waals surface area contributed by atoms with Gasteiger partial charge in [0.25, 0.3) is 11.8 Å². The van der Waals surface area contributed by atoms with Crippen molar-refractivity contribution in [2.75, 3.05) is 17.7 Å². The van der Waals surface area contributed by atoms with Gasteiger partial charge < -0.3 is 20.7 Å². The first-order valence-electron chi connectivity index (χ1n) is 18.3. The highest BCUT2D eigenvalue weighted by atomic mass is 32.2. The second kappa shape index (κ2) is 17.9. The first-order valence-corrected chi connectivity index (χ1v) is 20.0. The number of fused-ring (bicyclic) bond motifs is 1. The van der Waals surface area contributed by atoms with Gasteiger partial charge in [-0.3, -0.25) is 14.4 Å². The first kappa shape index (κ1) is 38.1. The van der Waals surface area contributed by atoms with Crippen LogP contribution in [0.1, 0.15) is 60.4 Å². The Kier molecular flexibility index (Phi) is 12.2. The van der Waals surface area contributed by atoms with Crippen molar-refractivity contribution in [2.45, 2.75) is 35.8 Å². The van der Waals surface area contributed by atoms with Crippen molar-refractivity contribution in [3.05, 3.63) is 178 Å². The fraction of sp³-hybridized carbons (Fsp3) is 0.130. The van der Waals surface area contributed by atoms with Crippen LogP contribution in [0.4, 0.5) is 10.7 Å². The van der Waals surface area contributed by atoms with Crippen LogP contribution < -0.4 is 16.0 Å². The summed E-state index contributed by atoms with van der Waals surface area (Å²) < 4.78 is 5.13. The maximum atomic E-state index is 14.1. The number of anilines is 2. The Morgan fingerprint density at radius 1 is 0.732 bits per heavy atom. The minimum atomic E-state index is -0.689. The molecule has 6 aromatic rings. The van der Waals surface area contributed by atoms with Gasteiger partial charge in [0.05, 0.1) is 12.7 Å². The molecule has 1 aliphatic carbocycles. The lowest BCUT2D eigenvalue weighted by molar-refractivity contribution is -0.116. The van der Waals surface area contributed by atoms with Gasteiger partial charge in [-0.2, -0.15) is 0 Å². The van der Waals surface area contributed by atoms with Crippen molar-refractivity contribution >= 4 is 63.6 Å². The molecule has 0 saturated carbocycles. The molecule has 5 aromatic carbocycles. The van der Waals surface area contributed by atoms with E-state index in [1.165, 1.54) is 30.2 Å². The highest BCUT2D eigenvalue weighted by Gasteiger charge is 2.30. The van der Waals surface area contributed by atoms with E-state index >= 15 is 0 Å². The lowest BCUT2D eigenvalue weighted by atomic mass is 9.95. The summed E-state index contributed by atoms with van der Waals surface area (Å²) in [5.41, 5.74) is 5.96. The Labute approximate surface area is 334 Å². The Hall–Kier alpha value is -6.23. The number of thiophene rings is 1. The van der Waals surface area contributed by atoms with Crippen molar-refractivity contribution in [3.8, 4) is 11.1 Å². The van der Waals surface area contributed by atoms with Crippen LogP contribution in [-0.4, -0.2) is 30.8 Å². The summed E-state index contributed by atoms with van der Waals surface area (Å²) in [6, 6.07) is 43.1. The van der Waals surface area contributed by atoms with E-state index in [9.17, 15) is 19.2 Å². The summed E-state index contributed by atoms with van der Waals surface area (Å²) >= 11 is 2.77. The molecule has 280 valence electrons. The predicted octanol–water partition coefficient (Wildman–Crippen LogP) is 9.96. The Balaban J connectivity index is 1.13. The Morgan fingerprint density at radius 2 is 1.39 bits per heavy atom. The number of methoxy groups -OCH3 is 1. The number of carbonyl (C=O) groups is 4. The topological polar surface area (TPSA) is 114 Å². The van der Waals surface area contributed by atoms with Gasteiger partial charge in [-0.1, -0.05) is 109 Å². The molecule has 3 N–H and O–H groups in total. The number of aryl methyl sites for hydroxylation is 1. The van der Waals surface area contributed by atoms with Crippen LogP contribution in [0, 0.1) is 0 Å². The van der Waals surface area contributed by atoms with Gasteiger partial charge in [0.2, 0.25) is 5.91 Å². The van der Waals surface area contributed by atoms with Crippen LogP contribution in [0.5, 0.6) is 0 Å². The maximum Gasteiger partial charge on any atom is 0.341 e. The zero-order valence-electron chi connectivity index (χ0n) is 30.6. The summed E-state index contributed by atoms with van der Waals surface area (Å²) in [6.07, 6.45) is 5.30. The Morgan fingerprint density at radius 3 is 2.11 bits per heavy atom. The molecule has 3 amide bonds. The minimum absolute atomic E-state index is 0.0611.